The molecule has 1 N–H and O–H groups in total. The number of nitriles is 1. The molecule has 0 radical (unpaired) electrons. The van der Waals surface area contributed by atoms with Crippen molar-refractivity contribution in [3.8, 4) is 11.9 Å². The third-order valence-corrected chi connectivity index (χ3v) is 4.88. The van der Waals surface area contributed by atoms with Crippen LogP contribution in [0.3, 0.4) is 0 Å². The molecule has 8 nitrogen and oxygen atoms in total. The molecule has 0 aromatic carbocycles. The molecule has 0 unspecified atom stereocenters. The van der Waals surface area contributed by atoms with E-state index >= 15 is 0 Å². The number of carbonyl (C=O) groups excluding carboxylic acids is 1. The number of hydrogen-bond acceptors (Lipinski definition) is 6. The zero-order valence-corrected chi connectivity index (χ0v) is 16.6. The van der Waals surface area contributed by atoms with Crippen LogP contribution < -0.4 is 15.0 Å². The maximum absolute atomic E-state index is 12.1. The summed E-state index contributed by atoms with van der Waals surface area (Å²) in [6.45, 7) is 5.61. The lowest BCUT2D eigenvalue weighted by Gasteiger charge is -2.34. The van der Waals surface area contributed by atoms with Gasteiger partial charge in [-0.05, 0) is 24.8 Å². The van der Waals surface area contributed by atoms with Gasteiger partial charge in [0, 0.05) is 31.8 Å². The minimum atomic E-state index is 0.0109. The van der Waals surface area contributed by atoms with Crippen molar-refractivity contribution < 1.29 is 9.53 Å². The maximum atomic E-state index is 12.1. The number of carbonyl (C=O) groups is 1. The van der Waals surface area contributed by atoms with E-state index in [4.69, 9.17) is 4.74 Å². The Morgan fingerprint density at radius 3 is 2.75 bits per heavy atom. The average molecular weight is 382 g/mol. The summed E-state index contributed by atoms with van der Waals surface area (Å²) in [6, 6.07) is 6.10. The Morgan fingerprint density at radius 1 is 1.36 bits per heavy atom. The van der Waals surface area contributed by atoms with Gasteiger partial charge in [-0.25, -0.2) is 9.67 Å². The van der Waals surface area contributed by atoms with E-state index in [0.717, 1.165) is 37.4 Å². The molecular formula is C20H26N6O2. The Balaban J connectivity index is 1.68. The highest BCUT2D eigenvalue weighted by Gasteiger charge is 2.25. The van der Waals surface area contributed by atoms with Crippen molar-refractivity contribution in [2.45, 2.75) is 39.2 Å². The smallest absolute Gasteiger partial charge is 0.233 e. The van der Waals surface area contributed by atoms with E-state index < -0.39 is 0 Å². The fourth-order valence-electron chi connectivity index (χ4n) is 3.58. The minimum absolute atomic E-state index is 0.0109. The van der Waals surface area contributed by atoms with Gasteiger partial charge < -0.3 is 15.0 Å². The number of pyridine rings is 1. The lowest BCUT2D eigenvalue weighted by atomic mass is 10.0. The van der Waals surface area contributed by atoms with Gasteiger partial charge in [-0.3, -0.25) is 4.79 Å². The van der Waals surface area contributed by atoms with Crippen LogP contribution >= 0.6 is 0 Å². The first-order valence-electron chi connectivity index (χ1n) is 9.54. The molecule has 1 saturated heterocycles. The van der Waals surface area contributed by atoms with Gasteiger partial charge in [-0.2, -0.15) is 10.4 Å². The first-order chi connectivity index (χ1) is 13.5. The van der Waals surface area contributed by atoms with Crippen LogP contribution in [0.25, 0.3) is 0 Å². The summed E-state index contributed by atoms with van der Waals surface area (Å²) in [4.78, 5) is 18.4. The topological polar surface area (TPSA) is 96.1 Å². The molecule has 1 aliphatic rings. The Kier molecular flexibility index (Phi) is 6.14. The summed E-state index contributed by atoms with van der Waals surface area (Å²) in [6.07, 6.45) is 5.61. The average Bonchev–Trinajstić information content (AvgIpc) is 3.14. The van der Waals surface area contributed by atoms with Gasteiger partial charge in [0.05, 0.1) is 25.0 Å². The largest absolute Gasteiger partial charge is 0.480 e. The lowest BCUT2D eigenvalue weighted by Crippen LogP contribution is -2.36. The minimum Gasteiger partial charge on any atom is -0.480 e. The second-order valence-electron chi connectivity index (χ2n) is 7.35. The van der Waals surface area contributed by atoms with Crippen LogP contribution in [0.5, 0.6) is 5.88 Å². The van der Waals surface area contributed by atoms with Crippen LogP contribution in [0.4, 0.5) is 11.5 Å². The van der Waals surface area contributed by atoms with Crippen LogP contribution in [0.2, 0.25) is 0 Å². The van der Waals surface area contributed by atoms with Crippen molar-refractivity contribution in [2.24, 2.45) is 5.92 Å². The van der Waals surface area contributed by atoms with E-state index in [1.54, 1.807) is 12.4 Å². The van der Waals surface area contributed by atoms with Gasteiger partial charge in [0.25, 0.3) is 0 Å². The Hall–Kier alpha value is -3.08. The quantitative estimate of drug-likeness (QED) is 0.825. The molecule has 3 rings (SSSR count). The number of rotatable bonds is 6. The van der Waals surface area contributed by atoms with Crippen LogP contribution in [-0.4, -0.2) is 40.9 Å². The number of aromatic nitrogens is 3. The molecule has 0 aliphatic carbocycles. The molecule has 2 aromatic rings. The van der Waals surface area contributed by atoms with Gasteiger partial charge in [0.15, 0.2) is 0 Å². The highest BCUT2D eigenvalue weighted by atomic mass is 16.5. The number of hydrogen-bond donors (Lipinski definition) is 1. The van der Waals surface area contributed by atoms with E-state index in [-0.39, 0.29) is 11.9 Å². The van der Waals surface area contributed by atoms with Crippen molar-refractivity contribution in [3.63, 3.8) is 0 Å². The maximum Gasteiger partial charge on any atom is 0.233 e. The summed E-state index contributed by atoms with van der Waals surface area (Å²) >= 11 is 0. The molecule has 28 heavy (non-hydrogen) atoms. The van der Waals surface area contributed by atoms with Gasteiger partial charge in [-0.15, -0.1) is 0 Å². The molecule has 0 bridgehead atoms. The molecule has 1 fully saturated rings. The van der Waals surface area contributed by atoms with Gasteiger partial charge in [-0.1, -0.05) is 13.8 Å². The molecule has 0 saturated carbocycles. The first kappa shape index (κ1) is 19.7. The third kappa shape index (κ3) is 4.25. The monoisotopic (exact) mass is 382 g/mol. The summed E-state index contributed by atoms with van der Waals surface area (Å²) in [5, 5.41) is 16.9. The third-order valence-electron chi connectivity index (χ3n) is 4.88. The van der Waals surface area contributed by atoms with Crippen LogP contribution in [-0.2, 0) is 4.79 Å². The van der Waals surface area contributed by atoms with Crippen molar-refractivity contribution in [3.05, 3.63) is 30.1 Å². The van der Waals surface area contributed by atoms with E-state index in [2.05, 4.69) is 26.4 Å². The number of ether oxygens (including phenoxy) is 1. The zero-order chi connectivity index (χ0) is 20.1. The van der Waals surface area contributed by atoms with Crippen molar-refractivity contribution in [1.29, 1.82) is 5.26 Å². The molecule has 3 heterocycles. The zero-order valence-electron chi connectivity index (χ0n) is 16.6. The number of methoxy groups -OCH3 is 1. The Labute approximate surface area is 165 Å². The van der Waals surface area contributed by atoms with Crippen LogP contribution in [0.1, 0.15) is 44.7 Å². The second kappa shape index (κ2) is 8.74. The number of piperidine rings is 1. The van der Waals surface area contributed by atoms with E-state index in [9.17, 15) is 10.1 Å². The van der Waals surface area contributed by atoms with Crippen molar-refractivity contribution in [2.75, 3.05) is 30.4 Å². The molecular weight excluding hydrogens is 356 g/mol. The number of amides is 1. The standard InChI is InChI=1S/C20H26N6O2/c1-14(2)12-19(27)24-18-5-9-23-26(18)15-6-10-25(11-7-15)17-4-8-22-20(28-3)16(17)13-21/h4-5,8-9,14-15H,6-7,10-12H2,1-3H3,(H,24,27). The molecule has 148 valence electrons. The molecule has 2 aromatic heterocycles. The highest BCUT2D eigenvalue weighted by Crippen LogP contribution is 2.32. The number of anilines is 2. The van der Waals surface area contributed by atoms with Crippen LogP contribution in [0, 0.1) is 17.2 Å². The predicted molar refractivity (Wildman–Crippen MR) is 106 cm³/mol. The molecule has 0 spiro atoms. The summed E-state index contributed by atoms with van der Waals surface area (Å²) < 4.78 is 7.12. The van der Waals surface area contributed by atoms with Gasteiger partial charge in [0.2, 0.25) is 11.8 Å². The summed E-state index contributed by atoms with van der Waals surface area (Å²) in [5.74, 6) is 1.42. The predicted octanol–water partition coefficient (Wildman–Crippen LogP) is 2.98. The lowest BCUT2D eigenvalue weighted by molar-refractivity contribution is -0.116. The van der Waals surface area contributed by atoms with Crippen LogP contribution in [0.15, 0.2) is 24.5 Å². The second-order valence-corrected chi connectivity index (χ2v) is 7.35. The Morgan fingerprint density at radius 2 is 2.11 bits per heavy atom. The highest BCUT2D eigenvalue weighted by molar-refractivity contribution is 5.89. The van der Waals surface area contributed by atoms with E-state index in [1.807, 2.05) is 30.7 Å². The number of nitrogens with zero attached hydrogens (tertiary/aromatic N) is 5. The molecule has 1 amide bonds. The summed E-state index contributed by atoms with van der Waals surface area (Å²) in [5.41, 5.74) is 1.31. The fraction of sp³-hybridized carbons (Fsp3) is 0.500. The van der Waals surface area contributed by atoms with Gasteiger partial charge >= 0.3 is 0 Å². The van der Waals surface area contributed by atoms with E-state index in [1.165, 1.54) is 7.11 Å². The number of nitrogens with one attached hydrogen (secondary N) is 1. The van der Waals surface area contributed by atoms with Crippen molar-refractivity contribution in [1.82, 2.24) is 14.8 Å². The summed E-state index contributed by atoms with van der Waals surface area (Å²) in [7, 11) is 1.52. The molecule has 0 atom stereocenters. The molecule has 1 aliphatic heterocycles. The fourth-order valence-corrected chi connectivity index (χ4v) is 3.58. The van der Waals surface area contributed by atoms with E-state index in [0.29, 0.717) is 23.8 Å². The van der Waals surface area contributed by atoms with Crippen molar-refractivity contribution >= 4 is 17.4 Å². The molecule has 8 heteroatoms. The normalized spacial score (nSPS) is 14.8. The Bertz CT molecular complexity index is 862. The first-order valence-corrected chi connectivity index (χ1v) is 9.54. The van der Waals surface area contributed by atoms with Gasteiger partial charge in [0.1, 0.15) is 17.5 Å². The SMILES string of the molecule is COc1nccc(N2CCC(n3nccc3NC(=O)CC(C)C)CC2)c1C#N.